The Hall–Kier alpha value is -1.36. The van der Waals surface area contributed by atoms with Gasteiger partial charge in [-0.05, 0) is 40.0 Å². The number of rotatable bonds is 3. The fraction of sp³-hybridized carbons (Fsp3) is 0.308. The highest BCUT2D eigenvalue weighted by molar-refractivity contribution is 9.10. The van der Waals surface area contributed by atoms with E-state index in [0.717, 1.165) is 12.1 Å². The fourth-order valence-corrected chi connectivity index (χ4v) is 2.18. The first-order valence-corrected chi connectivity index (χ1v) is 6.54. The second kappa shape index (κ2) is 5.10. The van der Waals surface area contributed by atoms with Crippen LogP contribution in [0.1, 0.15) is 13.8 Å². The van der Waals surface area contributed by atoms with Gasteiger partial charge in [-0.25, -0.2) is 9.37 Å². The normalized spacial score (nSPS) is 11.2. The highest BCUT2D eigenvalue weighted by atomic mass is 79.9. The molecule has 0 atom stereocenters. The van der Waals surface area contributed by atoms with Gasteiger partial charge in [-0.2, -0.15) is 0 Å². The van der Waals surface area contributed by atoms with Crippen molar-refractivity contribution >= 4 is 21.7 Å². The lowest BCUT2D eigenvalue weighted by Gasteiger charge is -2.08. The number of imidazole rings is 1. The molecular formula is C13H15BrFN3. The topological polar surface area (TPSA) is 43.8 Å². The average molecular weight is 312 g/mol. The Balaban J connectivity index is 2.39. The minimum Gasteiger partial charge on any atom is -0.383 e. The number of nitrogens with zero attached hydrogens (tertiary/aromatic N) is 2. The summed E-state index contributed by atoms with van der Waals surface area (Å²) in [6, 6.07) is 4.77. The number of hydrogen-bond donors (Lipinski definition) is 1. The molecule has 0 saturated carbocycles. The van der Waals surface area contributed by atoms with E-state index in [9.17, 15) is 4.39 Å². The van der Waals surface area contributed by atoms with Gasteiger partial charge in [-0.3, -0.25) is 0 Å². The minimum atomic E-state index is -0.293. The quantitative estimate of drug-likeness (QED) is 0.939. The van der Waals surface area contributed by atoms with E-state index in [1.54, 1.807) is 18.5 Å². The molecule has 0 saturated heterocycles. The molecule has 1 aromatic carbocycles. The third-order valence-electron chi connectivity index (χ3n) is 2.63. The molecule has 1 heterocycles. The second-order valence-corrected chi connectivity index (χ2v) is 5.51. The van der Waals surface area contributed by atoms with Crippen LogP contribution in [0, 0.1) is 11.7 Å². The summed E-state index contributed by atoms with van der Waals surface area (Å²) in [5, 5.41) is 0. The van der Waals surface area contributed by atoms with Crippen molar-refractivity contribution in [3.63, 3.8) is 0 Å². The van der Waals surface area contributed by atoms with Crippen LogP contribution >= 0.6 is 15.9 Å². The van der Waals surface area contributed by atoms with E-state index in [0.29, 0.717) is 21.9 Å². The van der Waals surface area contributed by atoms with Crippen LogP contribution in [-0.4, -0.2) is 9.55 Å². The number of nitrogen functional groups attached to an aromatic ring is 1. The summed E-state index contributed by atoms with van der Waals surface area (Å²) in [5.74, 6) is 0.815. The van der Waals surface area contributed by atoms with Crippen LogP contribution in [0.5, 0.6) is 0 Å². The Kier molecular flexibility index (Phi) is 3.71. The molecule has 0 radical (unpaired) electrons. The van der Waals surface area contributed by atoms with E-state index in [4.69, 9.17) is 5.73 Å². The largest absolute Gasteiger partial charge is 0.383 e. The molecule has 2 aromatic rings. The number of halogens is 2. The molecule has 0 aliphatic heterocycles. The van der Waals surface area contributed by atoms with E-state index < -0.39 is 0 Å². The first kappa shape index (κ1) is 13.1. The molecule has 0 fully saturated rings. The zero-order chi connectivity index (χ0) is 13.3. The van der Waals surface area contributed by atoms with Gasteiger partial charge >= 0.3 is 0 Å². The maximum atomic E-state index is 13.2. The van der Waals surface area contributed by atoms with Gasteiger partial charge in [0.1, 0.15) is 17.3 Å². The number of nitrogens with two attached hydrogens (primary N) is 1. The van der Waals surface area contributed by atoms with Crippen molar-refractivity contribution in [3.05, 3.63) is 34.8 Å². The Morgan fingerprint density at radius 3 is 2.78 bits per heavy atom. The van der Waals surface area contributed by atoms with E-state index in [1.807, 2.05) is 4.57 Å². The van der Waals surface area contributed by atoms with Crippen LogP contribution in [0.4, 0.5) is 10.2 Å². The van der Waals surface area contributed by atoms with E-state index >= 15 is 0 Å². The third-order valence-corrected chi connectivity index (χ3v) is 3.24. The zero-order valence-electron chi connectivity index (χ0n) is 10.3. The van der Waals surface area contributed by atoms with Gasteiger partial charge < -0.3 is 10.3 Å². The summed E-state index contributed by atoms with van der Waals surface area (Å²) < 4.78 is 15.5. The summed E-state index contributed by atoms with van der Waals surface area (Å²) in [4.78, 5) is 4.30. The lowest BCUT2D eigenvalue weighted by molar-refractivity contribution is 0.527. The molecule has 0 amide bonds. The van der Waals surface area contributed by atoms with Crippen molar-refractivity contribution < 1.29 is 4.39 Å². The molecule has 96 valence electrons. The molecule has 0 spiro atoms. The lowest BCUT2D eigenvalue weighted by Crippen LogP contribution is -2.06. The number of benzene rings is 1. The van der Waals surface area contributed by atoms with Crippen LogP contribution in [0.2, 0.25) is 0 Å². The molecule has 2 rings (SSSR count). The molecule has 0 bridgehead atoms. The molecule has 0 unspecified atom stereocenters. The molecule has 18 heavy (non-hydrogen) atoms. The SMILES string of the molecule is CC(C)Cn1cnc(-c2ccc(F)c(Br)c2)c1N. The predicted octanol–water partition coefficient (Wildman–Crippen LogP) is 3.69. The van der Waals surface area contributed by atoms with E-state index in [2.05, 4.69) is 34.8 Å². The molecule has 0 aliphatic carbocycles. The Morgan fingerprint density at radius 1 is 1.44 bits per heavy atom. The molecule has 5 heteroatoms. The maximum Gasteiger partial charge on any atom is 0.137 e. The van der Waals surface area contributed by atoms with E-state index in [-0.39, 0.29) is 5.82 Å². The minimum absolute atomic E-state index is 0.293. The molecule has 3 nitrogen and oxygen atoms in total. The van der Waals surface area contributed by atoms with Gasteiger partial charge in [0, 0.05) is 12.1 Å². The second-order valence-electron chi connectivity index (χ2n) is 4.65. The molecular weight excluding hydrogens is 297 g/mol. The standard InChI is InChI=1S/C13H15BrFN3/c1-8(2)6-18-7-17-12(13(18)16)9-3-4-11(15)10(14)5-9/h3-5,7-8H,6,16H2,1-2H3. The lowest BCUT2D eigenvalue weighted by atomic mass is 10.1. The summed E-state index contributed by atoms with van der Waals surface area (Å²) in [6.45, 7) is 5.06. The Morgan fingerprint density at radius 2 is 2.17 bits per heavy atom. The molecule has 2 N–H and O–H groups in total. The predicted molar refractivity (Wildman–Crippen MR) is 74.6 cm³/mol. The summed E-state index contributed by atoms with van der Waals surface area (Å²) in [6.07, 6.45) is 1.72. The van der Waals surface area contributed by atoms with Crippen LogP contribution in [0.25, 0.3) is 11.3 Å². The van der Waals surface area contributed by atoms with Crippen molar-refractivity contribution in [1.82, 2.24) is 9.55 Å². The van der Waals surface area contributed by atoms with Gasteiger partial charge in [0.05, 0.1) is 10.8 Å². The third kappa shape index (κ3) is 2.56. The van der Waals surface area contributed by atoms with E-state index in [1.165, 1.54) is 6.07 Å². The van der Waals surface area contributed by atoms with Crippen LogP contribution in [0.3, 0.4) is 0 Å². The summed E-state index contributed by atoms with van der Waals surface area (Å²) >= 11 is 3.16. The highest BCUT2D eigenvalue weighted by Gasteiger charge is 2.12. The molecule has 0 aliphatic rings. The van der Waals surface area contributed by atoms with Gasteiger partial charge in [-0.1, -0.05) is 13.8 Å². The summed E-state index contributed by atoms with van der Waals surface area (Å²) in [7, 11) is 0. The summed E-state index contributed by atoms with van der Waals surface area (Å²) in [5.41, 5.74) is 7.56. The van der Waals surface area contributed by atoms with Gasteiger partial charge in [0.2, 0.25) is 0 Å². The Labute approximate surface area is 114 Å². The average Bonchev–Trinajstić information content (AvgIpc) is 2.64. The smallest absolute Gasteiger partial charge is 0.137 e. The highest BCUT2D eigenvalue weighted by Crippen LogP contribution is 2.28. The van der Waals surface area contributed by atoms with Crippen LogP contribution < -0.4 is 5.73 Å². The van der Waals surface area contributed by atoms with Crippen molar-refractivity contribution in [2.24, 2.45) is 5.92 Å². The first-order valence-electron chi connectivity index (χ1n) is 5.75. The zero-order valence-corrected chi connectivity index (χ0v) is 11.9. The van der Waals surface area contributed by atoms with Gasteiger partial charge in [0.25, 0.3) is 0 Å². The van der Waals surface area contributed by atoms with Crippen molar-refractivity contribution in [3.8, 4) is 11.3 Å². The first-order chi connectivity index (χ1) is 8.49. The molecule has 1 aromatic heterocycles. The Bertz CT molecular complexity index is 563. The number of anilines is 1. The maximum absolute atomic E-state index is 13.2. The number of aromatic nitrogens is 2. The number of hydrogen-bond acceptors (Lipinski definition) is 2. The van der Waals surface area contributed by atoms with Gasteiger partial charge in [-0.15, -0.1) is 0 Å². The van der Waals surface area contributed by atoms with Crippen molar-refractivity contribution in [2.75, 3.05) is 5.73 Å². The monoisotopic (exact) mass is 311 g/mol. The van der Waals surface area contributed by atoms with Crippen molar-refractivity contribution in [1.29, 1.82) is 0 Å². The van der Waals surface area contributed by atoms with Gasteiger partial charge in [0.15, 0.2) is 0 Å². The van der Waals surface area contributed by atoms with Crippen molar-refractivity contribution in [2.45, 2.75) is 20.4 Å². The van der Waals surface area contributed by atoms with Crippen LogP contribution in [-0.2, 0) is 6.54 Å². The fourth-order valence-electron chi connectivity index (χ4n) is 1.80. The van der Waals surface area contributed by atoms with Crippen LogP contribution in [0.15, 0.2) is 29.0 Å².